The zero-order valence-electron chi connectivity index (χ0n) is 20.7. The third-order valence-corrected chi connectivity index (χ3v) is 5.92. The van der Waals surface area contributed by atoms with E-state index in [1.54, 1.807) is 0 Å². The maximum absolute atomic E-state index is 11.7. The molecule has 0 N–H and O–H groups in total. The molecule has 30 heavy (non-hydrogen) atoms. The predicted octanol–water partition coefficient (Wildman–Crippen LogP) is 9.71. The van der Waals surface area contributed by atoms with Crippen molar-refractivity contribution in [3.63, 3.8) is 0 Å². The van der Waals surface area contributed by atoms with Crippen LogP contribution < -0.4 is 0 Å². The fourth-order valence-electron chi connectivity index (χ4n) is 3.86. The van der Waals surface area contributed by atoms with E-state index in [-0.39, 0.29) is 5.97 Å². The van der Waals surface area contributed by atoms with Crippen LogP contribution in [0.2, 0.25) is 0 Å². The quantitative estimate of drug-likeness (QED) is 0.0878. The molecule has 178 valence electrons. The van der Waals surface area contributed by atoms with Gasteiger partial charge in [-0.05, 0) is 25.7 Å². The molecule has 0 saturated carbocycles. The lowest BCUT2D eigenvalue weighted by Gasteiger charge is -2.05. The van der Waals surface area contributed by atoms with Gasteiger partial charge in [0.2, 0.25) is 0 Å². The van der Waals surface area contributed by atoms with Crippen molar-refractivity contribution in [2.75, 3.05) is 6.61 Å². The van der Waals surface area contributed by atoms with Crippen molar-refractivity contribution in [1.29, 1.82) is 0 Å². The zero-order chi connectivity index (χ0) is 22.0. The number of rotatable bonds is 24. The molecule has 0 aliphatic heterocycles. The molecular formula is C28H54O2. The number of hydrogen-bond acceptors (Lipinski definition) is 2. The molecule has 0 unspecified atom stereocenters. The SMILES string of the molecule is CCCCCCC/C=C\CCC(=O)OCCCCCCCCCCCCCCCC. The second-order valence-corrected chi connectivity index (χ2v) is 9.03. The third kappa shape index (κ3) is 25.2. The van der Waals surface area contributed by atoms with Crippen molar-refractivity contribution in [3.05, 3.63) is 12.2 Å². The minimum Gasteiger partial charge on any atom is -0.466 e. The van der Waals surface area contributed by atoms with Crippen LogP contribution in [0.15, 0.2) is 12.2 Å². The van der Waals surface area contributed by atoms with Gasteiger partial charge in [0.05, 0.1) is 6.61 Å². The Labute approximate surface area is 189 Å². The monoisotopic (exact) mass is 422 g/mol. The van der Waals surface area contributed by atoms with Crippen molar-refractivity contribution in [1.82, 2.24) is 0 Å². The number of carbonyl (C=O) groups is 1. The summed E-state index contributed by atoms with van der Waals surface area (Å²) in [7, 11) is 0. The zero-order valence-corrected chi connectivity index (χ0v) is 20.7. The summed E-state index contributed by atoms with van der Waals surface area (Å²) in [5.41, 5.74) is 0. The molecule has 0 aromatic rings. The molecule has 2 heteroatoms. The van der Waals surface area contributed by atoms with Gasteiger partial charge in [0, 0.05) is 6.42 Å². The Bertz CT molecular complexity index is 362. The summed E-state index contributed by atoms with van der Waals surface area (Å²) in [6, 6.07) is 0. The number of unbranched alkanes of at least 4 members (excludes halogenated alkanes) is 18. The van der Waals surface area contributed by atoms with Crippen molar-refractivity contribution in [2.24, 2.45) is 0 Å². The van der Waals surface area contributed by atoms with E-state index in [0.717, 1.165) is 19.3 Å². The minimum absolute atomic E-state index is 0.0303. The Balaban J connectivity index is 3.19. The Morgan fingerprint density at radius 1 is 0.533 bits per heavy atom. The van der Waals surface area contributed by atoms with Gasteiger partial charge in [0.15, 0.2) is 0 Å². The fraction of sp³-hybridized carbons (Fsp3) is 0.893. The fourth-order valence-corrected chi connectivity index (χ4v) is 3.86. The molecule has 0 bridgehead atoms. The van der Waals surface area contributed by atoms with Gasteiger partial charge in [-0.15, -0.1) is 0 Å². The molecule has 0 aromatic heterocycles. The number of carbonyl (C=O) groups excluding carboxylic acids is 1. The summed E-state index contributed by atoms with van der Waals surface area (Å²) < 4.78 is 5.35. The van der Waals surface area contributed by atoms with Crippen molar-refractivity contribution in [3.8, 4) is 0 Å². The smallest absolute Gasteiger partial charge is 0.306 e. The highest BCUT2D eigenvalue weighted by Crippen LogP contribution is 2.13. The lowest BCUT2D eigenvalue weighted by Crippen LogP contribution is -2.05. The van der Waals surface area contributed by atoms with Crippen LogP contribution in [0.25, 0.3) is 0 Å². The van der Waals surface area contributed by atoms with Gasteiger partial charge in [-0.2, -0.15) is 0 Å². The van der Waals surface area contributed by atoms with Crippen LogP contribution in [0.3, 0.4) is 0 Å². The molecule has 0 aliphatic carbocycles. The van der Waals surface area contributed by atoms with E-state index in [1.165, 1.54) is 116 Å². The molecule has 0 fully saturated rings. The highest BCUT2D eigenvalue weighted by Gasteiger charge is 2.01. The number of esters is 1. The van der Waals surface area contributed by atoms with E-state index in [0.29, 0.717) is 13.0 Å². The highest BCUT2D eigenvalue weighted by molar-refractivity contribution is 5.69. The van der Waals surface area contributed by atoms with Gasteiger partial charge in [-0.3, -0.25) is 4.79 Å². The van der Waals surface area contributed by atoms with Crippen molar-refractivity contribution >= 4 is 5.97 Å². The summed E-state index contributed by atoms with van der Waals surface area (Å²) in [4.78, 5) is 11.7. The van der Waals surface area contributed by atoms with Gasteiger partial charge in [-0.25, -0.2) is 0 Å². The van der Waals surface area contributed by atoms with E-state index < -0.39 is 0 Å². The molecule has 0 saturated heterocycles. The van der Waals surface area contributed by atoms with E-state index >= 15 is 0 Å². The average Bonchev–Trinajstić information content (AvgIpc) is 2.75. The molecule has 0 aliphatic rings. The standard InChI is InChI=1S/C28H54O2/c1-3-5-7-9-11-13-14-15-16-17-19-21-23-25-27-30-28(29)26-24-22-20-18-12-10-8-6-4-2/h20,22H,3-19,21,23-27H2,1-2H3/b22-20-. The lowest BCUT2D eigenvalue weighted by molar-refractivity contribution is -0.143. The van der Waals surface area contributed by atoms with E-state index in [4.69, 9.17) is 4.74 Å². The van der Waals surface area contributed by atoms with E-state index in [2.05, 4.69) is 26.0 Å². The molecule has 0 radical (unpaired) electrons. The van der Waals surface area contributed by atoms with Crippen LogP contribution in [-0.4, -0.2) is 12.6 Å². The number of ether oxygens (including phenoxy) is 1. The molecule has 0 spiro atoms. The van der Waals surface area contributed by atoms with Crippen LogP contribution in [0.1, 0.15) is 155 Å². The summed E-state index contributed by atoms with van der Waals surface area (Å²) in [6.07, 6.45) is 32.5. The summed E-state index contributed by atoms with van der Waals surface area (Å²) in [5.74, 6) is -0.0303. The maximum atomic E-state index is 11.7. The van der Waals surface area contributed by atoms with Gasteiger partial charge in [0.25, 0.3) is 0 Å². The summed E-state index contributed by atoms with van der Waals surface area (Å²) >= 11 is 0. The van der Waals surface area contributed by atoms with Gasteiger partial charge >= 0.3 is 5.97 Å². The first-order valence-corrected chi connectivity index (χ1v) is 13.6. The average molecular weight is 423 g/mol. The van der Waals surface area contributed by atoms with Crippen molar-refractivity contribution in [2.45, 2.75) is 155 Å². The molecule has 0 amide bonds. The van der Waals surface area contributed by atoms with Crippen LogP contribution in [0.4, 0.5) is 0 Å². The normalized spacial score (nSPS) is 11.4. The first-order valence-electron chi connectivity index (χ1n) is 13.6. The predicted molar refractivity (Wildman–Crippen MR) is 133 cm³/mol. The first kappa shape index (κ1) is 29.2. The topological polar surface area (TPSA) is 26.3 Å². The molecule has 0 heterocycles. The first-order chi connectivity index (χ1) is 14.8. The largest absolute Gasteiger partial charge is 0.466 e. The number of allylic oxidation sites excluding steroid dienone is 2. The van der Waals surface area contributed by atoms with Crippen LogP contribution in [0, 0.1) is 0 Å². The second kappa shape index (κ2) is 26.2. The molecule has 2 nitrogen and oxygen atoms in total. The minimum atomic E-state index is -0.0303. The van der Waals surface area contributed by atoms with Gasteiger partial charge < -0.3 is 4.74 Å². The van der Waals surface area contributed by atoms with E-state index in [1.807, 2.05) is 0 Å². The Morgan fingerprint density at radius 2 is 0.933 bits per heavy atom. The Morgan fingerprint density at radius 3 is 1.43 bits per heavy atom. The van der Waals surface area contributed by atoms with E-state index in [9.17, 15) is 4.79 Å². The summed E-state index contributed by atoms with van der Waals surface area (Å²) in [6.45, 7) is 5.14. The third-order valence-electron chi connectivity index (χ3n) is 5.92. The van der Waals surface area contributed by atoms with Gasteiger partial charge in [0.1, 0.15) is 0 Å². The second-order valence-electron chi connectivity index (χ2n) is 9.03. The molecule has 0 atom stereocenters. The van der Waals surface area contributed by atoms with Crippen molar-refractivity contribution < 1.29 is 9.53 Å². The Hall–Kier alpha value is -0.790. The Kier molecular flexibility index (Phi) is 25.6. The summed E-state index contributed by atoms with van der Waals surface area (Å²) in [5, 5.41) is 0. The molecule has 0 aromatic carbocycles. The maximum Gasteiger partial charge on any atom is 0.306 e. The molecular weight excluding hydrogens is 368 g/mol. The van der Waals surface area contributed by atoms with Crippen LogP contribution >= 0.6 is 0 Å². The number of hydrogen-bond donors (Lipinski definition) is 0. The highest BCUT2D eigenvalue weighted by atomic mass is 16.5. The lowest BCUT2D eigenvalue weighted by atomic mass is 10.0. The van der Waals surface area contributed by atoms with Crippen LogP contribution in [-0.2, 0) is 9.53 Å². The molecule has 0 rings (SSSR count). The van der Waals surface area contributed by atoms with Gasteiger partial charge in [-0.1, -0.05) is 135 Å². The van der Waals surface area contributed by atoms with Crippen LogP contribution in [0.5, 0.6) is 0 Å².